The number of nitrogens with two attached hydrogens (primary N) is 1. The number of carbonyl (C=O) groups is 3. The Kier molecular flexibility index (Phi) is 6.17. The van der Waals surface area contributed by atoms with Gasteiger partial charge in [0.25, 0.3) is 5.91 Å². The highest BCUT2D eigenvalue weighted by Gasteiger charge is 2.64. The molecule has 4 atom stereocenters. The maximum atomic E-state index is 13.8. The molecule has 1 saturated carbocycles. The number of carbonyl (C=O) groups excluding carboxylic acids is 3. The summed E-state index contributed by atoms with van der Waals surface area (Å²) >= 11 is 0. The van der Waals surface area contributed by atoms with Crippen molar-refractivity contribution in [2.24, 2.45) is 22.7 Å². The van der Waals surface area contributed by atoms with Crippen LogP contribution < -0.4 is 5.73 Å². The van der Waals surface area contributed by atoms with Gasteiger partial charge in [-0.1, -0.05) is 5.16 Å². The number of nitrogens with zero attached hydrogens (tertiary/aromatic N) is 2. The zero-order valence-electron chi connectivity index (χ0n) is 20.4. The summed E-state index contributed by atoms with van der Waals surface area (Å²) in [4.78, 5) is 45.6. The Labute approximate surface area is 207 Å². The molecule has 0 saturated heterocycles. The lowest BCUT2D eigenvalue weighted by Crippen LogP contribution is -2.65. The minimum atomic E-state index is -2.66. The first kappa shape index (κ1) is 25.4. The number of ketones is 2. The number of hydrogen-bond acceptors (Lipinski definition) is 10. The van der Waals surface area contributed by atoms with Gasteiger partial charge in [0.15, 0.2) is 11.4 Å². The molecule has 0 heterocycles. The van der Waals surface area contributed by atoms with E-state index in [1.807, 2.05) is 0 Å². The lowest BCUT2D eigenvalue weighted by Gasteiger charge is -2.50. The highest BCUT2D eigenvalue weighted by Crippen LogP contribution is 2.52. The van der Waals surface area contributed by atoms with Gasteiger partial charge < -0.3 is 31.0 Å². The summed E-state index contributed by atoms with van der Waals surface area (Å²) in [5, 5.41) is 48.3. The molecule has 1 amide bonds. The minimum Gasteiger partial charge on any atom is -0.508 e. The normalized spacial score (nSPS) is 28.2. The molecule has 36 heavy (non-hydrogen) atoms. The first-order chi connectivity index (χ1) is 16.9. The molecule has 0 bridgehead atoms. The van der Waals surface area contributed by atoms with Crippen molar-refractivity contribution in [3.63, 3.8) is 0 Å². The van der Waals surface area contributed by atoms with Crippen LogP contribution in [0.25, 0.3) is 5.76 Å². The average molecular weight is 500 g/mol. The van der Waals surface area contributed by atoms with E-state index in [0.29, 0.717) is 23.4 Å². The largest absolute Gasteiger partial charge is 0.508 e. The number of fused-ring (bicyclic) bond motifs is 3. The zero-order chi connectivity index (χ0) is 26.7. The van der Waals surface area contributed by atoms with Crippen molar-refractivity contribution in [3.8, 4) is 5.75 Å². The summed E-state index contributed by atoms with van der Waals surface area (Å²) in [6.45, 7) is 3.83. The molecule has 4 rings (SSSR count). The van der Waals surface area contributed by atoms with Gasteiger partial charge in [-0.3, -0.25) is 19.3 Å². The molecule has 11 heteroatoms. The lowest BCUT2D eigenvalue weighted by atomic mass is 9.57. The van der Waals surface area contributed by atoms with Gasteiger partial charge in [-0.2, -0.15) is 0 Å². The van der Waals surface area contributed by atoms with E-state index in [1.165, 1.54) is 11.0 Å². The molecule has 6 N–H and O–H groups in total. The van der Waals surface area contributed by atoms with Gasteiger partial charge in [0.05, 0.1) is 17.3 Å². The molecule has 0 aliphatic heterocycles. The molecular formula is C25H29N3O8. The molecule has 0 radical (unpaired) electrons. The fourth-order valence-electron chi connectivity index (χ4n) is 5.79. The van der Waals surface area contributed by atoms with Gasteiger partial charge in [0.2, 0.25) is 5.78 Å². The van der Waals surface area contributed by atoms with Gasteiger partial charge in [-0.25, -0.2) is 0 Å². The van der Waals surface area contributed by atoms with Gasteiger partial charge >= 0.3 is 0 Å². The van der Waals surface area contributed by atoms with Crippen molar-refractivity contribution < 1.29 is 39.6 Å². The summed E-state index contributed by atoms with van der Waals surface area (Å²) < 4.78 is 0. The Morgan fingerprint density at radius 2 is 1.92 bits per heavy atom. The van der Waals surface area contributed by atoms with Gasteiger partial charge in [-0.05, 0) is 64.4 Å². The smallest absolute Gasteiger partial charge is 0.255 e. The number of aromatic hydroxyl groups is 1. The van der Waals surface area contributed by atoms with E-state index >= 15 is 0 Å². The van der Waals surface area contributed by atoms with E-state index in [9.17, 15) is 34.8 Å². The van der Waals surface area contributed by atoms with E-state index in [2.05, 4.69) is 5.16 Å². The minimum absolute atomic E-state index is 0.00911. The van der Waals surface area contributed by atoms with Crippen LogP contribution in [0.15, 0.2) is 34.2 Å². The summed E-state index contributed by atoms with van der Waals surface area (Å²) in [6, 6.07) is 1.85. The van der Waals surface area contributed by atoms with Crippen molar-refractivity contribution in [2.45, 2.75) is 38.3 Å². The third kappa shape index (κ3) is 3.41. The second-order valence-corrected chi connectivity index (χ2v) is 9.54. The number of phenolic OH excluding ortho intramolecular Hbond substituents is 1. The van der Waals surface area contributed by atoms with Crippen molar-refractivity contribution in [3.05, 3.63) is 45.7 Å². The molecule has 11 nitrogen and oxygen atoms in total. The summed E-state index contributed by atoms with van der Waals surface area (Å²) in [5.74, 6) is -6.85. The standard InChI is InChI=1S/C25H29N3O8/c1-5-36-27-10(2)12-6-7-15(29)17-13(12)8-11-9-14-19(28(3)4)21(31)18(24(26)34)23(33)25(14,35)22(32)16(11)20(17)30/h6-7,11,14,19,29-30,33,35H,5,8-9H2,1-4H3,(H2,26,34)/b27-10-/t11-,14-,19-,25-/m0/s1. The van der Waals surface area contributed by atoms with Crippen LogP contribution in [-0.4, -0.2) is 80.9 Å². The number of oxime groups is 1. The fraction of sp³-hybridized carbons (Fsp3) is 0.440. The van der Waals surface area contributed by atoms with E-state index in [0.717, 1.165) is 0 Å². The number of aliphatic hydroxyl groups is 3. The second-order valence-electron chi connectivity index (χ2n) is 9.54. The van der Waals surface area contributed by atoms with Crippen molar-refractivity contribution in [1.29, 1.82) is 0 Å². The van der Waals surface area contributed by atoms with Gasteiger partial charge in [-0.15, -0.1) is 0 Å². The Morgan fingerprint density at radius 1 is 1.25 bits per heavy atom. The van der Waals surface area contributed by atoms with Crippen molar-refractivity contribution in [2.75, 3.05) is 20.7 Å². The first-order valence-corrected chi connectivity index (χ1v) is 11.5. The molecule has 0 aromatic heterocycles. The Bertz CT molecular complexity index is 1280. The van der Waals surface area contributed by atoms with E-state index in [4.69, 9.17) is 10.6 Å². The van der Waals surface area contributed by atoms with Crippen LogP contribution >= 0.6 is 0 Å². The van der Waals surface area contributed by atoms with Gasteiger partial charge in [0, 0.05) is 17.1 Å². The number of likely N-dealkylation sites (N-methyl/N-ethyl adjacent to an activating group) is 1. The van der Waals surface area contributed by atoms with E-state index < -0.39 is 58.0 Å². The van der Waals surface area contributed by atoms with Crippen LogP contribution in [0.2, 0.25) is 0 Å². The molecule has 0 spiro atoms. The molecule has 192 valence electrons. The number of aliphatic hydroxyl groups excluding tert-OH is 2. The van der Waals surface area contributed by atoms with Crippen molar-refractivity contribution >= 4 is 28.9 Å². The van der Waals surface area contributed by atoms with E-state index in [-0.39, 0.29) is 29.7 Å². The monoisotopic (exact) mass is 499 g/mol. The lowest BCUT2D eigenvalue weighted by molar-refractivity contribution is -0.153. The number of primary amides is 1. The topological polar surface area (TPSA) is 183 Å². The molecule has 1 aromatic carbocycles. The SMILES string of the molecule is CCO/N=C(/C)c1ccc(O)c2c1C[C@H]1C[C@H]3[C@H](N(C)C)C(=O)C(C(N)=O)=C(O)[C@@]3(O)C(=O)C1=C2O. The Morgan fingerprint density at radius 3 is 2.50 bits per heavy atom. The highest BCUT2D eigenvalue weighted by molar-refractivity contribution is 6.24. The number of hydrogen-bond donors (Lipinski definition) is 5. The third-order valence-electron chi connectivity index (χ3n) is 7.32. The summed E-state index contributed by atoms with van der Waals surface area (Å²) in [7, 11) is 3.11. The molecule has 3 aliphatic rings. The first-order valence-electron chi connectivity index (χ1n) is 11.5. The van der Waals surface area contributed by atoms with Crippen LogP contribution in [-0.2, 0) is 25.6 Å². The zero-order valence-corrected chi connectivity index (χ0v) is 20.4. The maximum absolute atomic E-state index is 13.8. The van der Waals surface area contributed by atoms with E-state index in [1.54, 1.807) is 34.0 Å². The van der Waals surface area contributed by atoms with Crippen LogP contribution in [0.3, 0.4) is 0 Å². The Hall–Kier alpha value is -3.70. The predicted molar refractivity (Wildman–Crippen MR) is 128 cm³/mol. The number of phenols is 1. The second kappa shape index (κ2) is 8.75. The van der Waals surface area contributed by atoms with Gasteiger partial charge in [0.1, 0.15) is 29.4 Å². The average Bonchev–Trinajstić information content (AvgIpc) is 2.79. The fourth-order valence-corrected chi connectivity index (χ4v) is 5.79. The maximum Gasteiger partial charge on any atom is 0.255 e. The van der Waals surface area contributed by atoms with Crippen LogP contribution in [0.4, 0.5) is 0 Å². The molecule has 1 aromatic rings. The van der Waals surface area contributed by atoms with Crippen LogP contribution in [0.1, 0.15) is 37.0 Å². The van der Waals surface area contributed by atoms with Crippen LogP contribution in [0.5, 0.6) is 5.75 Å². The number of amides is 1. The number of Topliss-reactive ketones (excluding diaryl/α,β-unsaturated/α-hetero) is 2. The molecule has 1 fully saturated rings. The quantitative estimate of drug-likeness (QED) is 0.221. The number of benzene rings is 1. The van der Waals surface area contributed by atoms with Crippen LogP contribution in [0, 0.1) is 11.8 Å². The number of rotatable bonds is 5. The summed E-state index contributed by atoms with van der Waals surface area (Å²) in [6.07, 6.45) is 0.194. The molecular weight excluding hydrogens is 470 g/mol. The molecule has 0 unspecified atom stereocenters. The van der Waals surface area contributed by atoms with Crippen molar-refractivity contribution in [1.82, 2.24) is 4.90 Å². The Balaban J connectivity index is 1.96. The summed E-state index contributed by atoms with van der Waals surface area (Å²) in [5.41, 5.74) is 3.25. The molecule has 3 aliphatic carbocycles. The highest BCUT2D eigenvalue weighted by atomic mass is 16.6. The predicted octanol–water partition coefficient (Wildman–Crippen LogP) is 0.725. The third-order valence-corrected chi connectivity index (χ3v) is 7.32.